The Morgan fingerprint density at radius 3 is 2.75 bits per heavy atom. The summed E-state index contributed by atoms with van der Waals surface area (Å²) in [7, 11) is 3.27. The fraction of sp³-hybridized carbons (Fsp3) is 0.429. The number of hydrogen-bond donors (Lipinski definition) is 1. The minimum absolute atomic E-state index is 0.210. The Morgan fingerprint density at radius 1 is 1.29 bits per heavy atom. The van der Waals surface area contributed by atoms with E-state index in [2.05, 4.69) is 15.2 Å². The van der Waals surface area contributed by atoms with E-state index in [1.807, 2.05) is 6.07 Å². The van der Waals surface area contributed by atoms with Crippen molar-refractivity contribution in [2.24, 2.45) is 0 Å². The van der Waals surface area contributed by atoms with Crippen molar-refractivity contribution in [3.05, 3.63) is 53.6 Å². The van der Waals surface area contributed by atoms with Crippen LogP contribution in [0.25, 0.3) is 0 Å². The maximum absolute atomic E-state index is 13.7. The van der Waals surface area contributed by atoms with Crippen molar-refractivity contribution in [3.8, 4) is 5.75 Å². The van der Waals surface area contributed by atoms with Gasteiger partial charge in [0.1, 0.15) is 17.3 Å². The molecule has 0 radical (unpaired) electrons. The molecule has 148 valence electrons. The van der Waals surface area contributed by atoms with Gasteiger partial charge in [-0.05, 0) is 55.2 Å². The number of benzene rings is 1. The monoisotopic (exact) mass is 385 g/mol. The summed E-state index contributed by atoms with van der Waals surface area (Å²) < 4.78 is 24.3. The van der Waals surface area contributed by atoms with Crippen LogP contribution in [0.3, 0.4) is 0 Å². The number of carbonyl (C=O) groups is 1. The Morgan fingerprint density at radius 2 is 2.07 bits per heavy atom. The molecule has 1 saturated heterocycles. The SMILES string of the molecule is COc1ccc(F)cc1CC1(NC(=O)c2cc(N3CC(OC)C3)ccn2)CC1. The van der Waals surface area contributed by atoms with Gasteiger partial charge in [-0.15, -0.1) is 0 Å². The second-order valence-electron chi connectivity index (χ2n) is 7.53. The van der Waals surface area contributed by atoms with Crippen LogP contribution < -0.4 is 15.0 Å². The quantitative estimate of drug-likeness (QED) is 0.794. The standard InChI is InChI=1S/C21H24FN3O3/c1-27-17-12-25(13-17)16-5-8-23-18(10-16)20(26)24-21(6-7-21)11-14-9-15(22)3-4-19(14)28-2/h3-5,8-10,17H,6-7,11-13H2,1-2H3,(H,24,26). The van der Waals surface area contributed by atoms with Crippen LogP contribution in [0, 0.1) is 5.82 Å². The number of amides is 1. The van der Waals surface area contributed by atoms with Crippen LogP contribution in [0.4, 0.5) is 10.1 Å². The molecule has 1 aromatic carbocycles. The topological polar surface area (TPSA) is 63.7 Å². The lowest BCUT2D eigenvalue weighted by molar-refractivity contribution is 0.0787. The highest BCUT2D eigenvalue weighted by atomic mass is 19.1. The number of aromatic nitrogens is 1. The van der Waals surface area contributed by atoms with E-state index in [1.165, 1.54) is 12.1 Å². The fourth-order valence-corrected chi connectivity index (χ4v) is 3.59. The van der Waals surface area contributed by atoms with E-state index in [1.54, 1.807) is 32.5 Å². The summed E-state index contributed by atoms with van der Waals surface area (Å²) in [4.78, 5) is 19.2. The molecule has 2 fully saturated rings. The van der Waals surface area contributed by atoms with E-state index in [9.17, 15) is 9.18 Å². The zero-order valence-electron chi connectivity index (χ0n) is 16.1. The maximum atomic E-state index is 13.7. The molecule has 0 atom stereocenters. The molecule has 1 saturated carbocycles. The van der Waals surface area contributed by atoms with Gasteiger partial charge in [0.15, 0.2) is 0 Å². The van der Waals surface area contributed by atoms with E-state index in [0.717, 1.165) is 37.2 Å². The molecule has 1 aliphatic heterocycles. The third-order valence-electron chi connectivity index (χ3n) is 5.53. The molecule has 1 N–H and O–H groups in total. The molecule has 1 amide bonds. The van der Waals surface area contributed by atoms with E-state index in [-0.39, 0.29) is 23.4 Å². The highest BCUT2D eigenvalue weighted by Crippen LogP contribution is 2.41. The molecular weight excluding hydrogens is 361 g/mol. The van der Waals surface area contributed by atoms with Crippen LogP contribution in [-0.4, -0.2) is 49.8 Å². The number of rotatable bonds is 7. The van der Waals surface area contributed by atoms with Crippen LogP contribution in [-0.2, 0) is 11.2 Å². The Balaban J connectivity index is 1.44. The van der Waals surface area contributed by atoms with Gasteiger partial charge in [-0.1, -0.05) is 0 Å². The highest BCUT2D eigenvalue weighted by molar-refractivity contribution is 5.94. The molecule has 2 aliphatic rings. The van der Waals surface area contributed by atoms with Crippen LogP contribution in [0.15, 0.2) is 36.5 Å². The highest BCUT2D eigenvalue weighted by Gasteiger charge is 2.45. The zero-order chi connectivity index (χ0) is 19.7. The largest absolute Gasteiger partial charge is 0.496 e. The number of ether oxygens (including phenoxy) is 2. The van der Waals surface area contributed by atoms with E-state index in [4.69, 9.17) is 9.47 Å². The predicted molar refractivity (Wildman–Crippen MR) is 103 cm³/mol. The third-order valence-corrected chi connectivity index (χ3v) is 5.53. The summed E-state index contributed by atoms with van der Waals surface area (Å²) in [5.41, 5.74) is 1.74. The lowest BCUT2D eigenvalue weighted by Gasteiger charge is -2.40. The molecule has 2 aromatic rings. The number of nitrogens with one attached hydrogen (secondary N) is 1. The number of hydrogen-bond acceptors (Lipinski definition) is 5. The fourth-order valence-electron chi connectivity index (χ4n) is 3.59. The lowest BCUT2D eigenvalue weighted by Crippen LogP contribution is -2.52. The second-order valence-corrected chi connectivity index (χ2v) is 7.53. The van der Waals surface area contributed by atoms with Gasteiger partial charge in [-0.3, -0.25) is 9.78 Å². The molecule has 0 unspecified atom stereocenters. The number of halogens is 1. The van der Waals surface area contributed by atoms with Crippen molar-refractivity contribution >= 4 is 11.6 Å². The summed E-state index contributed by atoms with van der Waals surface area (Å²) in [5, 5.41) is 3.10. The van der Waals surface area contributed by atoms with Gasteiger partial charge in [0.05, 0.1) is 13.2 Å². The third kappa shape index (κ3) is 3.80. The lowest BCUT2D eigenvalue weighted by atomic mass is 10.0. The van der Waals surface area contributed by atoms with Gasteiger partial charge in [-0.25, -0.2) is 4.39 Å². The van der Waals surface area contributed by atoms with Crippen molar-refractivity contribution in [1.82, 2.24) is 10.3 Å². The van der Waals surface area contributed by atoms with Gasteiger partial charge in [-0.2, -0.15) is 0 Å². The van der Waals surface area contributed by atoms with Gasteiger partial charge < -0.3 is 19.7 Å². The normalized spacial score (nSPS) is 17.8. The Labute approximate surface area is 163 Å². The van der Waals surface area contributed by atoms with Crippen LogP contribution in [0.2, 0.25) is 0 Å². The first-order valence-corrected chi connectivity index (χ1v) is 9.41. The summed E-state index contributed by atoms with van der Waals surface area (Å²) in [6.07, 6.45) is 4.11. The summed E-state index contributed by atoms with van der Waals surface area (Å²) in [6.45, 7) is 1.62. The molecule has 7 heteroatoms. The number of pyridine rings is 1. The van der Waals surface area contributed by atoms with Gasteiger partial charge in [0, 0.05) is 37.6 Å². The molecule has 4 rings (SSSR count). The van der Waals surface area contributed by atoms with E-state index < -0.39 is 0 Å². The molecule has 28 heavy (non-hydrogen) atoms. The van der Waals surface area contributed by atoms with Crippen LogP contribution >= 0.6 is 0 Å². The number of carbonyl (C=O) groups excluding carboxylic acids is 1. The summed E-state index contributed by atoms with van der Waals surface area (Å²) >= 11 is 0. The van der Waals surface area contributed by atoms with Crippen molar-refractivity contribution < 1.29 is 18.7 Å². The van der Waals surface area contributed by atoms with Crippen LogP contribution in [0.5, 0.6) is 5.75 Å². The average Bonchev–Trinajstić information content (AvgIpc) is 3.40. The molecule has 1 aliphatic carbocycles. The van der Waals surface area contributed by atoms with Crippen LogP contribution in [0.1, 0.15) is 28.9 Å². The first kappa shape index (κ1) is 18.7. The van der Waals surface area contributed by atoms with Gasteiger partial charge >= 0.3 is 0 Å². The van der Waals surface area contributed by atoms with E-state index >= 15 is 0 Å². The minimum Gasteiger partial charge on any atom is -0.496 e. The van der Waals surface area contributed by atoms with Crippen molar-refractivity contribution in [3.63, 3.8) is 0 Å². The minimum atomic E-state index is -0.367. The second kappa shape index (κ2) is 7.39. The average molecular weight is 385 g/mol. The maximum Gasteiger partial charge on any atom is 0.270 e. The Hall–Kier alpha value is -2.67. The first-order chi connectivity index (χ1) is 13.5. The number of nitrogens with zero attached hydrogens (tertiary/aromatic N) is 2. The van der Waals surface area contributed by atoms with Crippen molar-refractivity contribution in [2.45, 2.75) is 30.9 Å². The summed E-state index contributed by atoms with van der Waals surface area (Å²) in [6, 6.07) is 8.17. The molecule has 0 bridgehead atoms. The Bertz CT molecular complexity index is 879. The number of anilines is 1. The molecule has 0 spiro atoms. The smallest absolute Gasteiger partial charge is 0.270 e. The zero-order valence-corrected chi connectivity index (χ0v) is 16.1. The van der Waals surface area contributed by atoms with Crippen molar-refractivity contribution in [1.29, 1.82) is 0 Å². The molecular formula is C21H24FN3O3. The molecule has 2 heterocycles. The first-order valence-electron chi connectivity index (χ1n) is 9.41. The van der Waals surface area contributed by atoms with Crippen molar-refractivity contribution in [2.75, 3.05) is 32.2 Å². The van der Waals surface area contributed by atoms with E-state index in [0.29, 0.717) is 17.9 Å². The Kier molecular flexibility index (Phi) is 4.93. The summed E-state index contributed by atoms with van der Waals surface area (Å²) in [5.74, 6) is 0.113. The van der Waals surface area contributed by atoms with Gasteiger partial charge in [0.25, 0.3) is 5.91 Å². The molecule has 1 aromatic heterocycles. The predicted octanol–water partition coefficient (Wildman–Crippen LogP) is 2.57. The molecule has 6 nitrogen and oxygen atoms in total. The van der Waals surface area contributed by atoms with Gasteiger partial charge in [0.2, 0.25) is 0 Å². The number of methoxy groups -OCH3 is 2.